The summed E-state index contributed by atoms with van der Waals surface area (Å²) < 4.78 is 0. The first-order valence-electron chi connectivity index (χ1n) is 7.57. The van der Waals surface area contributed by atoms with Gasteiger partial charge in [-0.15, -0.1) is 0 Å². The van der Waals surface area contributed by atoms with Gasteiger partial charge in [-0.05, 0) is 31.4 Å². The van der Waals surface area contributed by atoms with Crippen molar-refractivity contribution in [1.29, 1.82) is 0 Å². The lowest BCUT2D eigenvalue weighted by Gasteiger charge is -2.34. The van der Waals surface area contributed by atoms with Crippen LogP contribution < -0.4 is 5.32 Å². The first-order chi connectivity index (χ1) is 11.6. The number of urea groups is 1. The summed E-state index contributed by atoms with van der Waals surface area (Å²) in [6.07, 6.45) is 6.12. The van der Waals surface area contributed by atoms with E-state index in [1.54, 1.807) is 23.4 Å². The van der Waals surface area contributed by atoms with Crippen LogP contribution in [0.5, 0.6) is 0 Å². The minimum Gasteiger partial charge on any atom is -0.347 e. The van der Waals surface area contributed by atoms with Crippen molar-refractivity contribution in [2.45, 2.75) is 25.3 Å². The van der Waals surface area contributed by atoms with E-state index in [2.05, 4.69) is 15.3 Å². The van der Waals surface area contributed by atoms with Gasteiger partial charge in [-0.1, -0.05) is 11.6 Å². The van der Waals surface area contributed by atoms with Gasteiger partial charge in [-0.3, -0.25) is 10.1 Å². The Morgan fingerprint density at radius 1 is 1.46 bits per heavy atom. The number of H-pyrrole nitrogens is 1. The summed E-state index contributed by atoms with van der Waals surface area (Å²) in [4.78, 5) is 32.0. The molecule has 1 atom stereocenters. The summed E-state index contributed by atoms with van der Waals surface area (Å²) in [5.74, 6) is 0.743. The molecule has 0 bridgehead atoms. The van der Waals surface area contributed by atoms with Crippen molar-refractivity contribution in [3.8, 4) is 0 Å². The number of carbonyl (C=O) groups is 1. The van der Waals surface area contributed by atoms with E-state index in [4.69, 9.17) is 11.6 Å². The number of aromatic nitrogens is 2. The van der Waals surface area contributed by atoms with Crippen molar-refractivity contribution >= 4 is 29.0 Å². The number of benzene rings is 1. The lowest BCUT2D eigenvalue weighted by molar-refractivity contribution is -0.384. The lowest BCUT2D eigenvalue weighted by atomic mass is 10.0. The summed E-state index contributed by atoms with van der Waals surface area (Å²) in [6.45, 7) is 0.604. The number of amides is 2. The maximum Gasteiger partial charge on any atom is 0.322 e. The van der Waals surface area contributed by atoms with Crippen LogP contribution in [0.3, 0.4) is 0 Å². The number of imidazole rings is 1. The minimum atomic E-state index is -0.579. The van der Waals surface area contributed by atoms with E-state index in [1.165, 1.54) is 12.1 Å². The third-order valence-corrected chi connectivity index (χ3v) is 4.31. The number of nitrogens with one attached hydrogen (secondary N) is 2. The second kappa shape index (κ2) is 6.88. The van der Waals surface area contributed by atoms with Gasteiger partial charge in [0.15, 0.2) is 0 Å². The zero-order valence-electron chi connectivity index (χ0n) is 12.7. The number of likely N-dealkylation sites (tertiary alicyclic amines) is 1. The van der Waals surface area contributed by atoms with Crippen LogP contribution in [0.2, 0.25) is 5.02 Å². The maximum atomic E-state index is 12.6. The Balaban J connectivity index is 1.78. The van der Waals surface area contributed by atoms with E-state index in [-0.39, 0.29) is 22.8 Å². The van der Waals surface area contributed by atoms with E-state index in [9.17, 15) is 14.9 Å². The minimum absolute atomic E-state index is 0.0319. The number of piperidine rings is 1. The molecular weight excluding hydrogens is 334 g/mol. The fourth-order valence-electron chi connectivity index (χ4n) is 2.84. The fourth-order valence-corrected chi connectivity index (χ4v) is 3.03. The normalized spacial score (nSPS) is 17.5. The molecule has 3 rings (SSSR count). The van der Waals surface area contributed by atoms with E-state index >= 15 is 0 Å². The van der Waals surface area contributed by atoms with Gasteiger partial charge in [-0.2, -0.15) is 0 Å². The van der Waals surface area contributed by atoms with Gasteiger partial charge < -0.3 is 15.2 Å². The predicted octanol–water partition coefficient (Wildman–Crippen LogP) is 3.73. The third kappa shape index (κ3) is 3.33. The number of nitro groups is 1. The average molecular weight is 350 g/mol. The van der Waals surface area contributed by atoms with Crippen LogP contribution in [-0.4, -0.2) is 32.4 Å². The number of nitrogens with zero attached hydrogens (tertiary/aromatic N) is 3. The van der Waals surface area contributed by atoms with Gasteiger partial charge in [0.25, 0.3) is 5.69 Å². The van der Waals surface area contributed by atoms with E-state index < -0.39 is 4.92 Å². The predicted molar refractivity (Wildman–Crippen MR) is 89.0 cm³/mol. The number of anilines is 1. The van der Waals surface area contributed by atoms with Gasteiger partial charge in [-0.25, -0.2) is 9.78 Å². The Morgan fingerprint density at radius 2 is 2.29 bits per heavy atom. The van der Waals surface area contributed by atoms with Gasteiger partial charge in [0.1, 0.15) is 10.8 Å². The Hall–Kier alpha value is -2.61. The number of halogens is 1. The van der Waals surface area contributed by atoms with E-state index in [0.29, 0.717) is 12.2 Å². The maximum absolute atomic E-state index is 12.6. The van der Waals surface area contributed by atoms with Crippen molar-refractivity contribution in [3.05, 3.63) is 51.6 Å². The monoisotopic (exact) mass is 349 g/mol. The zero-order valence-corrected chi connectivity index (χ0v) is 13.5. The highest BCUT2D eigenvalue weighted by atomic mass is 35.5. The average Bonchev–Trinajstić information content (AvgIpc) is 3.10. The molecule has 1 aromatic carbocycles. The molecule has 1 aliphatic rings. The molecule has 1 saturated heterocycles. The Kier molecular flexibility index (Phi) is 4.66. The smallest absolute Gasteiger partial charge is 0.322 e. The van der Waals surface area contributed by atoms with Crippen LogP contribution in [0.25, 0.3) is 0 Å². The number of carbonyl (C=O) groups excluding carboxylic acids is 1. The summed E-state index contributed by atoms with van der Waals surface area (Å²) >= 11 is 5.79. The van der Waals surface area contributed by atoms with Crippen LogP contribution >= 0.6 is 11.6 Å². The molecule has 1 fully saturated rings. The highest BCUT2D eigenvalue weighted by Gasteiger charge is 2.29. The summed E-state index contributed by atoms with van der Waals surface area (Å²) in [7, 11) is 0. The standard InChI is InChI=1S/C15H16ClN5O3/c16-11-5-4-10(9-13(11)21(23)24)19-15(22)20-8-2-1-3-12(20)14-17-6-7-18-14/h4-7,9,12H,1-3,8H2,(H,17,18)(H,19,22)/t12-/m0/s1. The topological polar surface area (TPSA) is 104 Å². The molecule has 126 valence electrons. The molecule has 2 aromatic rings. The molecule has 0 unspecified atom stereocenters. The van der Waals surface area contributed by atoms with Crippen molar-refractivity contribution in [3.63, 3.8) is 0 Å². The Labute approximate surface area is 143 Å². The molecule has 24 heavy (non-hydrogen) atoms. The summed E-state index contributed by atoms with van der Waals surface area (Å²) in [5, 5.41) is 13.7. The summed E-state index contributed by atoms with van der Waals surface area (Å²) in [5.41, 5.74) is 0.0931. The number of hydrogen-bond donors (Lipinski definition) is 2. The molecule has 2 amide bonds. The number of aromatic amines is 1. The van der Waals surface area contributed by atoms with Crippen LogP contribution in [-0.2, 0) is 0 Å². The molecule has 8 nitrogen and oxygen atoms in total. The second-order valence-electron chi connectivity index (χ2n) is 5.53. The van der Waals surface area contributed by atoms with Crippen LogP contribution in [0, 0.1) is 10.1 Å². The summed E-state index contributed by atoms with van der Waals surface area (Å²) in [6, 6.07) is 3.75. The van der Waals surface area contributed by atoms with Gasteiger partial charge in [0, 0.05) is 30.7 Å². The van der Waals surface area contributed by atoms with Crippen LogP contribution in [0.15, 0.2) is 30.6 Å². The molecule has 1 aromatic heterocycles. The molecule has 0 aliphatic carbocycles. The molecule has 0 saturated carbocycles. The Morgan fingerprint density at radius 3 is 3.00 bits per heavy atom. The highest BCUT2D eigenvalue weighted by Crippen LogP contribution is 2.31. The van der Waals surface area contributed by atoms with Crippen molar-refractivity contribution in [2.75, 3.05) is 11.9 Å². The number of nitro benzene ring substituents is 1. The molecule has 0 radical (unpaired) electrons. The van der Waals surface area contributed by atoms with E-state index in [0.717, 1.165) is 25.1 Å². The molecule has 1 aliphatic heterocycles. The quantitative estimate of drug-likeness (QED) is 0.650. The number of hydrogen-bond acceptors (Lipinski definition) is 4. The molecule has 9 heteroatoms. The van der Waals surface area contributed by atoms with Crippen molar-refractivity contribution < 1.29 is 9.72 Å². The highest BCUT2D eigenvalue weighted by molar-refractivity contribution is 6.32. The van der Waals surface area contributed by atoms with Crippen molar-refractivity contribution in [2.24, 2.45) is 0 Å². The van der Waals surface area contributed by atoms with Crippen LogP contribution in [0.1, 0.15) is 31.1 Å². The SMILES string of the molecule is O=C(Nc1ccc(Cl)c([N+](=O)[O-])c1)N1CCCC[C@H]1c1ncc[nH]1. The molecule has 2 N–H and O–H groups in total. The molecule has 2 heterocycles. The first-order valence-corrected chi connectivity index (χ1v) is 7.95. The van der Waals surface area contributed by atoms with E-state index in [1.807, 2.05) is 0 Å². The molecule has 0 spiro atoms. The van der Waals surface area contributed by atoms with Crippen molar-refractivity contribution in [1.82, 2.24) is 14.9 Å². The van der Waals surface area contributed by atoms with Crippen LogP contribution in [0.4, 0.5) is 16.2 Å². The van der Waals surface area contributed by atoms with Gasteiger partial charge in [0.2, 0.25) is 0 Å². The van der Waals surface area contributed by atoms with Gasteiger partial charge in [0.05, 0.1) is 11.0 Å². The third-order valence-electron chi connectivity index (χ3n) is 3.99. The largest absolute Gasteiger partial charge is 0.347 e. The lowest BCUT2D eigenvalue weighted by Crippen LogP contribution is -2.41. The number of rotatable bonds is 3. The zero-order chi connectivity index (χ0) is 17.1. The second-order valence-corrected chi connectivity index (χ2v) is 5.94. The fraction of sp³-hybridized carbons (Fsp3) is 0.333. The Bertz CT molecular complexity index is 750. The molecular formula is C15H16ClN5O3. The first kappa shape index (κ1) is 16.3. The van der Waals surface area contributed by atoms with Gasteiger partial charge >= 0.3 is 6.03 Å².